The summed E-state index contributed by atoms with van der Waals surface area (Å²) in [5.74, 6) is -5.78. The quantitative estimate of drug-likeness (QED) is 0.143. The highest BCUT2D eigenvalue weighted by molar-refractivity contribution is 6.59. The van der Waals surface area contributed by atoms with Gasteiger partial charge in [-0.05, 0) is 77.7 Å². The van der Waals surface area contributed by atoms with Crippen molar-refractivity contribution in [2.75, 3.05) is 9.80 Å². The number of ether oxygens (including phenoxy) is 1. The number of fused-ring (bicyclic) bond motifs is 5. The van der Waals surface area contributed by atoms with Crippen LogP contribution in [0.5, 0.6) is 11.5 Å². The van der Waals surface area contributed by atoms with Gasteiger partial charge in [-0.3, -0.25) is 29.0 Å². The Kier molecular flexibility index (Phi) is 7.37. The van der Waals surface area contributed by atoms with E-state index in [1.807, 2.05) is 6.08 Å². The molecule has 3 aromatic carbocycles. The Labute approximate surface area is 280 Å². The SMILES string of the molecule is O=C1[C@H]2[C@H](CC=C3[C@H](C4=COc5ccc(O)cc5C4)[C@@H]4C(=O)N(c5cccc(B(O)O)c5)C(=O)[C@@H]4C[C@H]32)C(=O)N1c1cccc(B(O)O)c1. The minimum Gasteiger partial charge on any atom is -0.508 e. The highest BCUT2D eigenvalue weighted by Crippen LogP contribution is 2.58. The van der Waals surface area contributed by atoms with Gasteiger partial charge in [-0.1, -0.05) is 35.9 Å². The molecule has 2 saturated heterocycles. The number of carbonyl (C=O) groups excluding carboxylic acids is 4. The van der Waals surface area contributed by atoms with E-state index in [9.17, 15) is 44.4 Å². The third-order valence-electron chi connectivity index (χ3n) is 10.7. The summed E-state index contributed by atoms with van der Waals surface area (Å²) in [6.45, 7) is 0. The zero-order valence-electron chi connectivity index (χ0n) is 25.9. The van der Waals surface area contributed by atoms with E-state index in [0.717, 1.165) is 15.4 Å². The Balaban J connectivity index is 1.21. The Morgan fingerprint density at radius 3 is 1.94 bits per heavy atom. The van der Waals surface area contributed by atoms with Crippen molar-refractivity contribution in [3.8, 4) is 11.5 Å². The van der Waals surface area contributed by atoms with E-state index in [1.165, 1.54) is 42.5 Å². The first-order valence-corrected chi connectivity index (χ1v) is 16.1. The molecule has 1 saturated carbocycles. The zero-order chi connectivity index (χ0) is 34.3. The van der Waals surface area contributed by atoms with Crippen LogP contribution in [0.3, 0.4) is 0 Å². The Bertz CT molecular complexity index is 2010. The third-order valence-corrected chi connectivity index (χ3v) is 10.7. The van der Waals surface area contributed by atoms with Gasteiger partial charge in [-0.25, -0.2) is 0 Å². The maximum Gasteiger partial charge on any atom is 0.488 e. The molecule has 0 bridgehead atoms. The molecule has 12 nitrogen and oxygen atoms in total. The molecule has 5 aliphatic rings. The van der Waals surface area contributed by atoms with E-state index in [0.29, 0.717) is 23.3 Å². The molecule has 49 heavy (non-hydrogen) atoms. The summed E-state index contributed by atoms with van der Waals surface area (Å²) in [7, 11) is -3.61. The second-order valence-electron chi connectivity index (χ2n) is 13.3. The maximum absolute atomic E-state index is 14.4. The summed E-state index contributed by atoms with van der Waals surface area (Å²) >= 11 is 0. The van der Waals surface area contributed by atoms with E-state index in [2.05, 4.69) is 0 Å². The predicted molar refractivity (Wildman–Crippen MR) is 176 cm³/mol. The minimum atomic E-state index is -1.82. The molecule has 2 aliphatic carbocycles. The van der Waals surface area contributed by atoms with Crippen molar-refractivity contribution in [1.82, 2.24) is 0 Å². The number of anilines is 2. The fraction of sp³-hybridized carbons (Fsp3) is 0.257. The van der Waals surface area contributed by atoms with Gasteiger partial charge in [0.1, 0.15) is 11.5 Å². The van der Waals surface area contributed by atoms with E-state index < -0.39 is 73.4 Å². The molecule has 3 heterocycles. The van der Waals surface area contributed by atoms with Gasteiger partial charge in [-0.15, -0.1) is 0 Å². The molecular weight excluding hydrogens is 630 g/mol. The number of aromatic hydroxyl groups is 1. The summed E-state index contributed by atoms with van der Waals surface area (Å²) in [5, 5.41) is 49.3. The van der Waals surface area contributed by atoms with E-state index >= 15 is 0 Å². The summed E-state index contributed by atoms with van der Waals surface area (Å²) in [6, 6.07) is 16.6. The Hall–Kier alpha value is -5.01. The monoisotopic (exact) mass is 660 g/mol. The van der Waals surface area contributed by atoms with Crippen LogP contribution in [0.15, 0.2) is 90.2 Å². The molecule has 0 radical (unpaired) electrons. The number of hydrogen-bond acceptors (Lipinski definition) is 10. The van der Waals surface area contributed by atoms with Crippen molar-refractivity contribution in [3.63, 3.8) is 0 Å². The minimum absolute atomic E-state index is 0.0416. The summed E-state index contributed by atoms with van der Waals surface area (Å²) in [4.78, 5) is 59.0. The van der Waals surface area contributed by atoms with Crippen LogP contribution in [0.25, 0.3) is 0 Å². The molecule has 8 rings (SSSR count). The van der Waals surface area contributed by atoms with Crippen LogP contribution in [0.2, 0.25) is 0 Å². The third kappa shape index (κ3) is 4.85. The molecular formula is C35H30B2N2O10. The summed E-state index contributed by atoms with van der Waals surface area (Å²) in [6.07, 6.45) is 4.14. The van der Waals surface area contributed by atoms with Gasteiger partial charge in [0.05, 0.1) is 41.3 Å². The smallest absolute Gasteiger partial charge is 0.488 e. The average molecular weight is 660 g/mol. The molecule has 0 aromatic heterocycles. The molecule has 14 heteroatoms. The topological polar surface area (TPSA) is 185 Å². The highest BCUT2D eigenvalue weighted by atomic mass is 16.5. The van der Waals surface area contributed by atoms with Crippen molar-refractivity contribution in [2.24, 2.45) is 35.5 Å². The van der Waals surface area contributed by atoms with Crippen molar-refractivity contribution >= 4 is 60.2 Å². The Morgan fingerprint density at radius 1 is 0.694 bits per heavy atom. The van der Waals surface area contributed by atoms with Crippen molar-refractivity contribution in [3.05, 3.63) is 95.8 Å². The van der Waals surface area contributed by atoms with E-state index in [4.69, 9.17) is 4.74 Å². The number of rotatable bonds is 5. The number of imide groups is 2. The number of benzene rings is 3. The van der Waals surface area contributed by atoms with Gasteiger partial charge < -0.3 is 29.9 Å². The zero-order valence-corrected chi connectivity index (χ0v) is 25.9. The standard InChI is InChI=1S/C35H30B2N2O10/c40-23-7-10-28-17(12-23)11-18(16-49-28)29-24-8-9-25-30(34(43)38(32(25)41)21-5-1-3-19(13-21)36(45)46)26(24)15-27-31(29)35(44)39(33(27)42)22-6-2-4-20(14-22)37(47)48/h1-8,10,12-14,16,25-27,29-31,40,45-48H,9,11,15H2/t25-,26+,27+,29-,30-,31+/m0/s1. The lowest BCUT2D eigenvalue weighted by Gasteiger charge is -2.45. The molecule has 0 spiro atoms. The van der Waals surface area contributed by atoms with Crippen LogP contribution < -0.4 is 25.5 Å². The first kappa shape index (κ1) is 31.3. The van der Waals surface area contributed by atoms with Crippen LogP contribution in [0.1, 0.15) is 18.4 Å². The number of phenolic OH excluding ortho intramolecular Hbond substituents is 1. The molecule has 3 aliphatic heterocycles. The van der Waals surface area contributed by atoms with Crippen LogP contribution in [-0.2, 0) is 25.6 Å². The first-order valence-electron chi connectivity index (χ1n) is 16.1. The highest BCUT2D eigenvalue weighted by Gasteiger charge is 2.62. The molecule has 5 N–H and O–H groups in total. The van der Waals surface area contributed by atoms with Gasteiger partial charge in [0.2, 0.25) is 23.6 Å². The maximum atomic E-state index is 14.4. The van der Waals surface area contributed by atoms with Crippen molar-refractivity contribution in [2.45, 2.75) is 19.3 Å². The lowest BCUT2D eigenvalue weighted by Crippen LogP contribution is -2.45. The molecule has 3 fully saturated rings. The molecule has 3 aromatic rings. The number of allylic oxidation sites excluding steroid dienone is 3. The number of nitrogens with zero attached hydrogens (tertiary/aromatic N) is 2. The normalized spacial score (nSPS) is 27.1. The molecule has 4 amide bonds. The number of carbonyl (C=O) groups is 4. The number of phenols is 1. The van der Waals surface area contributed by atoms with Crippen LogP contribution in [0.4, 0.5) is 11.4 Å². The predicted octanol–water partition coefficient (Wildman–Crippen LogP) is 0.148. The average Bonchev–Trinajstić information content (AvgIpc) is 3.50. The number of amides is 4. The lowest BCUT2D eigenvalue weighted by molar-refractivity contribution is -0.126. The number of hydrogen-bond donors (Lipinski definition) is 5. The first-order chi connectivity index (χ1) is 23.5. The van der Waals surface area contributed by atoms with Crippen LogP contribution in [-0.4, -0.2) is 63.1 Å². The van der Waals surface area contributed by atoms with Gasteiger partial charge >= 0.3 is 14.2 Å². The fourth-order valence-electron chi connectivity index (χ4n) is 8.57. The lowest BCUT2D eigenvalue weighted by atomic mass is 9.56. The van der Waals surface area contributed by atoms with Gasteiger partial charge in [0.25, 0.3) is 0 Å². The van der Waals surface area contributed by atoms with Gasteiger partial charge in [-0.2, -0.15) is 0 Å². The molecule has 0 unspecified atom stereocenters. The second kappa shape index (κ2) is 11.6. The summed E-state index contributed by atoms with van der Waals surface area (Å²) < 4.78 is 5.98. The summed E-state index contributed by atoms with van der Waals surface area (Å²) in [5.41, 5.74) is 2.78. The van der Waals surface area contributed by atoms with Crippen molar-refractivity contribution < 1.29 is 49.1 Å². The van der Waals surface area contributed by atoms with Crippen molar-refractivity contribution in [1.29, 1.82) is 0 Å². The van der Waals surface area contributed by atoms with Crippen LogP contribution >= 0.6 is 0 Å². The molecule has 6 atom stereocenters. The van der Waals surface area contributed by atoms with E-state index in [1.54, 1.807) is 30.5 Å². The van der Waals surface area contributed by atoms with Gasteiger partial charge in [0, 0.05) is 17.9 Å². The van der Waals surface area contributed by atoms with E-state index in [-0.39, 0.29) is 40.9 Å². The largest absolute Gasteiger partial charge is 0.508 e. The Morgan fingerprint density at radius 2 is 1.31 bits per heavy atom. The van der Waals surface area contributed by atoms with Crippen LogP contribution in [0, 0.1) is 35.5 Å². The van der Waals surface area contributed by atoms with Gasteiger partial charge in [0.15, 0.2) is 0 Å². The second-order valence-corrected chi connectivity index (χ2v) is 13.3. The molecule has 246 valence electrons. The fourth-order valence-corrected chi connectivity index (χ4v) is 8.57.